The van der Waals surface area contributed by atoms with E-state index in [1.807, 2.05) is 0 Å². The van der Waals surface area contributed by atoms with E-state index in [-0.39, 0.29) is 0 Å². The Balaban J connectivity index is 3.32. The molecule has 0 amide bonds. The highest BCUT2D eigenvalue weighted by Gasteiger charge is 2.35. The van der Waals surface area contributed by atoms with E-state index >= 15 is 0 Å². The van der Waals surface area contributed by atoms with Gasteiger partial charge in [0.1, 0.15) is 5.69 Å². The number of halogens is 7. The molecule has 1 heterocycles. The molecule has 8 heteroatoms. The van der Waals surface area contributed by atoms with E-state index in [1.54, 1.807) is 0 Å². The Morgan fingerprint density at radius 3 is 2.13 bits per heavy atom. The number of nitrogens with zero attached hydrogens (tertiary/aromatic N) is 1. The van der Waals surface area contributed by atoms with Crippen molar-refractivity contribution in [1.29, 1.82) is 0 Å². The summed E-state index contributed by atoms with van der Waals surface area (Å²) in [5, 5.41) is 0. The van der Waals surface area contributed by atoms with E-state index in [1.165, 1.54) is 22.6 Å². The van der Waals surface area contributed by atoms with Crippen molar-refractivity contribution >= 4 is 22.6 Å². The summed E-state index contributed by atoms with van der Waals surface area (Å²) in [6.07, 6.45) is -8.03. The highest BCUT2D eigenvalue weighted by Crippen LogP contribution is 2.33. The fourth-order valence-electron chi connectivity index (χ4n) is 0.834. The van der Waals surface area contributed by atoms with Crippen LogP contribution in [0.2, 0.25) is 0 Å². The van der Waals surface area contributed by atoms with E-state index in [2.05, 4.69) is 4.98 Å². The van der Waals surface area contributed by atoms with Gasteiger partial charge in [0, 0.05) is 3.57 Å². The summed E-state index contributed by atoms with van der Waals surface area (Å²) in [6, 6.07) is 0.380. The molecular formula is C7H2F6IN. The zero-order valence-corrected chi connectivity index (χ0v) is 8.91. The second-order valence-corrected chi connectivity index (χ2v) is 3.65. The van der Waals surface area contributed by atoms with Crippen molar-refractivity contribution in [2.45, 2.75) is 12.6 Å². The van der Waals surface area contributed by atoms with E-state index in [0.29, 0.717) is 6.07 Å². The molecule has 0 N–H and O–H groups in total. The molecule has 0 spiro atoms. The minimum absolute atomic E-state index is 0.380. The van der Waals surface area contributed by atoms with Gasteiger partial charge >= 0.3 is 6.18 Å². The first-order chi connectivity index (χ1) is 6.73. The fraction of sp³-hybridized carbons (Fsp3) is 0.286. The Bertz CT molecular complexity index is 351. The van der Waals surface area contributed by atoms with Crippen molar-refractivity contribution in [1.82, 2.24) is 4.98 Å². The van der Waals surface area contributed by atoms with Crippen molar-refractivity contribution in [2.75, 3.05) is 0 Å². The molecule has 0 saturated heterocycles. The Morgan fingerprint density at radius 1 is 1.27 bits per heavy atom. The molecule has 0 fully saturated rings. The normalized spacial score (nSPS) is 12.3. The molecule has 1 nitrogen and oxygen atoms in total. The van der Waals surface area contributed by atoms with Crippen LogP contribution >= 0.6 is 22.6 Å². The van der Waals surface area contributed by atoms with Crippen molar-refractivity contribution in [3.8, 4) is 0 Å². The third kappa shape index (κ3) is 2.73. The van der Waals surface area contributed by atoms with Gasteiger partial charge in [0.05, 0.1) is 5.56 Å². The van der Waals surface area contributed by atoms with Gasteiger partial charge in [-0.25, -0.2) is 13.8 Å². The molecule has 0 aliphatic heterocycles. The summed E-state index contributed by atoms with van der Waals surface area (Å²) >= 11 is 1.21. The Labute approximate surface area is 93.6 Å². The third-order valence-corrected chi connectivity index (χ3v) is 2.36. The van der Waals surface area contributed by atoms with Gasteiger partial charge in [-0.2, -0.15) is 17.6 Å². The van der Waals surface area contributed by atoms with E-state index < -0.39 is 33.4 Å². The highest BCUT2D eigenvalue weighted by molar-refractivity contribution is 14.1. The molecule has 0 saturated carbocycles. The highest BCUT2D eigenvalue weighted by atomic mass is 127. The van der Waals surface area contributed by atoms with Crippen LogP contribution in [0.15, 0.2) is 6.07 Å². The number of aromatic nitrogens is 1. The number of hydrogen-bond donors (Lipinski definition) is 0. The SMILES string of the molecule is Fc1nc(C(F)(F)F)cc(I)c1C(F)F. The summed E-state index contributed by atoms with van der Waals surface area (Å²) in [5.74, 6) is -1.79. The molecule has 1 rings (SSSR count). The summed E-state index contributed by atoms with van der Waals surface area (Å²) in [7, 11) is 0. The van der Waals surface area contributed by atoms with Crippen LogP contribution < -0.4 is 0 Å². The minimum atomic E-state index is -4.85. The van der Waals surface area contributed by atoms with Crippen molar-refractivity contribution in [3.63, 3.8) is 0 Å². The second-order valence-electron chi connectivity index (χ2n) is 2.49. The van der Waals surface area contributed by atoms with Crippen LogP contribution in [0, 0.1) is 9.52 Å². The molecule has 1 aromatic rings. The molecule has 1 aromatic heterocycles. The maximum absolute atomic E-state index is 12.8. The summed E-state index contributed by atoms with van der Waals surface area (Å²) < 4.78 is 72.8. The van der Waals surface area contributed by atoms with Crippen LogP contribution in [0.5, 0.6) is 0 Å². The standard InChI is InChI=1S/C7H2F6IN/c8-5(9)4-2(14)1-3(7(11,12)13)15-6(4)10/h1,5H. The Morgan fingerprint density at radius 2 is 1.80 bits per heavy atom. The van der Waals surface area contributed by atoms with Crippen molar-refractivity contribution < 1.29 is 26.3 Å². The topological polar surface area (TPSA) is 12.9 Å². The van der Waals surface area contributed by atoms with Gasteiger partial charge in [-0.15, -0.1) is 0 Å². The van der Waals surface area contributed by atoms with Gasteiger partial charge in [0.25, 0.3) is 6.43 Å². The van der Waals surface area contributed by atoms with Crippen LogP contribution in [0.25, 0.3) is 0 Å². The van der Waals surface area contributed by atoms with Crippen LogP contribution in [-0.4, -0.2) is 4.98 Å². The first kappa shape index (κ1) is 12.5. The van der Waals surface area contributed by atoms with Gasteiger partial charge in [0.2, 0.25) is 5.95 Å². The number of pyridine rings is 1. The van der Waals surface area contributed by atoms with Gasteiger partial charge in [-0.3, -0.25) is 0 Å². The van der Waals surface area contributed by atoms with Gasteiger partial charge in [-0.1, -0.05) is 0 Å². The molecule has 0 aliphatic rings. The van der Waals surface area contributed by atoms with Crippen molar-refractivity contribution in [3.05, 3.63) is 26.8 Å². The minimum Gasteiger partial charge on any atom is -0.215 e. The van der Waals surface area contributed by atoms with Gasteiger partial charge < -0.3 is 0 Å². The lowest BCUT2D eigenvalue weighted by Gasteiger charge is -2.09. The maximum Gasteiger partial charge on any atom is 0.433 e. The second kappa shape index (κ2) is 4.14. The van der Waals surface area contributed by atoms with Crippen LogP contribution in [0.3, 0.4) is 0 Å². The van der Waals surface area contributed by atoms with E-state index in [0.717, 1.165) is 0 Å². The Kier molecular flexibility index (Phi) is 3.46. The lowest BCUT2D eigenvalue weighted by molar-refractivity contribution is -0.141. The first-order valence-electron chi connectivity index (χ1n) is 3.44. The average Bonchev–Trinajstić information content (AvgIpc) is 1.99. The first-order valence-corrected chi connectivity index (χ1v) is 4.52. The largest absolute Gasteiger partial charge is 0.433 e. The Hall–Kier alpha value is -0.540. The maximum atomic E-state index is 12.8. The molecule has 0 atom stereocenters. The van der Waals surface area contributed by atoms with Gasteiger partial charge in [-0.05, 0) is 28.7 Å². The number of hydrogen-bond acceptors (Lipinski definition) is 1. The summed E-state index contributed by atoms with van der Waals surface area (Å²) in [4.78, 5) is 2.45. The quantitative estimate of drug-likeness (QED) is 0.430. The zero-order valence-electron chi connectivity index (χ0n) is 6.75. The van der Waals surface area contributed by atoms with Crippen LogP contribution in [0.1, 0.15) is 17.7 Å². The average molecular weight is 341 g/mol. The molecule has 84 valence electrons. The molecule has 0 unspecified atom stereocenters. The van der Waals surface area contributed by atoms with Crippen LogP contribution in [-0.2, 0) is 6.18 Å². The van der Waals surface area contributed by atoms with Gasteiger partial charge in [0.15, 0.2) is 0 Å². The lowest BCUT2D eigenvalue weighted by Crippen LogP contribution is -2.12. The predicted molar refractivity (Wildman–Crippen MR) is 46.9 cm³/mol. The lowest BCUT2D eigenvalue weighted by atomic mass is 10.2. The third-order valence-electron chi connectivity index (χ3n) is 1.47. The predicted octanol–water partition coefficient (Wildman–Crippen LogP) is 3.78. The fourth-order valence-corrected chi connectivity index (χ4v) is 1.59. The molecule has 0 bridgehead atoms. The molecular weight excluding hydrogens is 339 g/mol. The smallest absolute Gasteiger partial charge is 0.215 e. The number of alkyl halides is 5. The van der Waals surface area contributed by atoms with E-state index in [4.69, 9.17) is 0 Å². The number of rotatable bonds is 1. The van der Waals surface area contributed by atoms with E-state index in [9.17, 15) is 26.3 Å². The molecule has 0 aromatic carbocycles. The van der Waals surface area contributed by atoms with Crippen LogP contribution in [0.4, 0.5) is 26.3 Å². The summed E-state index contributed by atoms with van der Waals surface area (Å²) in [5.41, 5.74) is -2.63. The zero-order chi connectivity index (χ0) is 11.8. The van der Waals surface area contributed by atoms with Crippen molar-refractivity contribution in [2.24, 2.45) is 0 Å². The molecule has 15 heavy (non-hydrogen) atoms. The molecule has 0 aliphatic carbocycles. The summed E-state index contributed by atoms with van der Waals surface area (Å²) in [6.45, 7) is 0. The monoisotopic (exact) mass is 341 g/mol. The molecule has 0 radical (unpaired) electrons.